The van der Waals surface area contributed by atoms with E-state index in [1.807, 2.05) is 13.0 Å². The maximum absolute atomic E-state index is 11.9. The van der Waals surface area contributed by atoms with Crippen molar-refractivity contribution in [2.45, 2.75) is 13.5 Å². The number of hydrogen-bond acceptors (Lipinski definition) is 5. The first kappa shape index (κ1) is 20.7. The summed E-state index contributed by atoms with van der Waals surface area (Å²) in [6, 6.07) is 14.1. The van der Waals surface area contributed by atoms with Crippen molar-refractivity contribution in [2.75, 3.05) is 13.2 Å². The highest BCUT2D eigenvalue weighted by molar-refractivity contribution is 6.30. The first-order chi connectivity index (χ1) is 15.1. The molecule has 4 aromatic rings. The molecule has 0 saturated carbocycles. The summed E-state index contributed by atoms with van der Waals surface area (Å²) < 4.78 is 13.0. The van der Waals surface area contributed by atoms with Gasteiger partial charge in [0.1, 0.15) is 18.1 Å². The molecule has 0 atom stereocenters. The number of halogens is 1. The molecular weight excluding hydrogens is 418 g/mol. The monoisotopic (exact) mass is 437 g/mol. The van der Waals surface area contributed by atoms with Crippen molar-refractivity contribution < 1.29 is 19.4 Å². The summed E-state index contributed by atoms with van der Waals surface area (Å²) in [5.41, 5.74) is 2.40. The van der Waals surface area contributed by atoms with Crippen LogP contribution in [-0.4, -0.2) is 38.8 Å². The second-order valence-corrected chi connectivity index (χ2v) is 7.13. The van der Waals surface area contributed by atoms with Gasteiger partial charge in [0.05, 0.1) is 24.4 Å². The normalized spacial score (nSPS) is 10.9. The molecule has 0 aliphatic carbocycles. The Morgan fingerprint density at radius 1 is 1.06 bits per heavy atom. The summed E-state index contributed by atoms with van der Waals surface area (Å²) in [7, 11) is 0. The molecule has 0 saturated heterocycles. The fourth-order valence-corrected chi connectivity index (χ4v) is 3.53. The zero-order valence-electron chi connectivity index (χ0n) is 16.8. The standard InChI is InChI=1S/C23H20ClN3O4/c1-2-30-21-13-15(7-9-25-21)22-18-14-20(23(28)29)27(19(18)8-10-26-22)11-12-31-17-5-3-16(24)4-6-17/h3-10,13-14H,2,11-12H2,1H3,(H,28,29). The van der Waals surface area contributed by atoms with Crippen molar-refractivity contribution >= 4 is 28.5 Å². The van der Waals surface area contributed by atoms with E-state index < -0.39 is 5.97 Å². The molecule has 4 rings (SSSR count). The molecule has 0 unspecified atom stereocenters. The molecule has 158 valence electrons. The average molecular weight is 438 g/mol. The first-order valence-corrected chi connectivity index (χ1v) is 10.1. The molecule has 3 heterocycles. The second kappa shape index (κ2) is 9.06. The van der Waals surface area contributed by atoms with Gasteiger partial charge in [-0.15, -0.1) is 0 Å². The van der Waals surface area contributed by atoms with Crippen molar-refractivity contribution in [3.05, 3.63) is 71.6 Å². The van der Waals surface area contributed by atoms with Crippen LogP contribution >= 0.6 is 11.6 Å². The van der Waals surface area contributed by atoms with Crippen LogP contribution in [0.25, 0.3) is 22.2 Å². The van der Waals surface area contributed by atoms with E-state index in [1.165, 1.54) is 0 Å². The van der Waals surface area contributed by atoms with Crippen LogP contribution < -0.4 is 9.47 Å². The molecule has 1 aromatic carbocycles. The van der Waals surface area contributed by atoms with E-state index in [0.29, 0.717) is 42.1 Å². The highest BCUT2D eigenvalue weighted by Crippen LogP contribution is 2.30. The van der Waals surface area contributed by atoms with Gasteiger partial charge < -0.3 is 19.1 Å². The molecule has 0 radical (unpaired) electrons. The number of hydrogen-bond donors (Lipinski definition) is 1. The van der Waals surface area contributed by atoms with Crippen LogP contribution in [-0.2, 0) is 6.54 Å². The Hall–Kier alpha value is -3.58. The van der Waals surface area contributed by atoms with Gasteiger partial charge in [0, 0.05) is 34.4 Å². The van der Waals surface area contributed by atoms with Crippen molar-refractivity contribution in [2.24, 2.45) is 0 Å². The number of carboxylic acids is 1. The number of rotatable bonds is 8. The lowest BCUT2D eigenvalue weighted by molar-refractivity contribution is 0.0684. The minimum atomic E-state index is -1.02. The van der Waals surface area contributed by atoms with Crippen LogP contribution in [0.2, 0.25) is 5.02 Å². The zero-order valence-corrected chi connectivity index (χ0v) is 17.5. The summed E-state index contributed by atoms with van der Waals surface area (Å²) in [6.45, 7) is 3.05. The van der Waals surface area contributed by atoms with Gasteiger partial charge in [-0.2, -0.15) is 0 Å². The molecule has 0 aliphatic rings. The summed E-state index contributed by atoms with van der Waals surface area (Å²) in [4.78, 5) is 20.6. The van der Waals surface area contributed by atoms with Gasteiger partial charge in [0.25, 0.3) is 0 Å². The van der Waals surface area contributed by atoms with Crippen LogP contribution in [0.15, 0.2) is 60.9 Å². The number of pyridine rings is 2. The van der Waals surface area contributed by atoms with Crippen molar-refractivity contribution in [3.63, 3.8) is 0 Å². The van der Waals surface area contributed by atoms with Crippen LogP contribution in [0.4, 0.5) is 0 Å². The van der Waals surface area contributed by atoms with Gasteiger partial charge in [0.15, 0.2) is 0 Å². The summed E-state index contributed by atoms with van der Waals surface area (Å²) in [6.07, 6.45) is 3.32. The largest absolute Gasteiger partial charge is 0.492 e. The topological polar surface area (TPSA) is 86.5 Å². The van der Waals surface area contributed by atoms with E-state index in [4.69, 9.17) is 21.1 Å². The maximum Gasteiger partial charge on any atom is 0.352 e. The van der Waals surface area contributed by atoms with Gasteiger partial charge in [-0.1, -0.05) is 11.6 Å². The van der Waals surface area contributed by atoms with Gasteiger partial charge in [0.2, 0.25) is 5.88 Å². The van der Waals surface area contributed by atoms with E-state index in [0.717, 1.165) is 16.5 Å². The average Bonchev–Trinajstić information content (AvgIpc) is 3.15. The lowest BCUT2D eigenvalue weighted by Gasteiger charge is -2.11. The van der Waals surface area contributed by atoms with E-state index in [-0.39, 0.29) is 5.69 Å². The number of benzene rings is 1. The Bertz CT molecular complexity index is 1220. The molecule has 3 aromatic heterocycles. The third-order valence-corrected chi connectivity index (χ3v) is 5.00. The third-order valence-electron chi connectivity index (χ3n) is 4.75. The predicted octanol–water partition coefficient (Wildman–Crippen LogP) is 4.93. The fourth-order valence-electron chi connectivity index (χ4n) is 3.40. The predicted molar refractivity (Wildman–Crippen MR) is 118 cm³/mol. The third kappa shape index (κ3) is 4.46. The van der Waals surface area contributed by atoms with Gasteiger partial charge in [-0.3, -0.25) is 4.98 Å². The smallest absolute Gasteiger partial charge is 0.352 e. The van der Waals surface area contributed by atoms with Crippen LogP contribution in [0.1, 0.15) is 17.4 Å². The minimum Gasteiger partial charge on any atom is -0.492 e. The Morgan fingerprint density at radius 3 is 2.58 bits per heavy atom. The molecular formula is C23H20ClN3O4. The van der Waals surface area contributed by atoms with Gasteiger partial charge >= 0.3 is 5.97 Å². The molecule has 1 N–H and O–H groups in total. The number of fused-ring (bicyclic) bond motifs is 1. The highest BCUT2D eigenvalue weighted by Gasteiger charge is 2.18. The SMILES string of the molecule is CCOc1cc(-c2nccc3c2cc(C(=O)O)n3CCOc2ccc(Cl)cc2)ccn1. The van der Waals surface area contributed by atoms with E-state index in [1.54, 1.807) is 59.4 Å². The van der Waals surface area contributed by atoms with Gasteiger partial charge in [-0.05, 0) is 49.4 Å². The summed E-state index contributed by atoms with van der Waals surface area (Å²) in [5, 5.41) is 11.1. The number of carboxylic acid groups (broad SMARTS) is 1. The molecule has 7 nitrogen and oxygen atoms in total. The maximum atomic E-state index is 11.9. The van der Waals surface area contributed by atoms with Gasteiger partial charge in [-0.25, -0.2) is 9.78 Å². The molecule has 0 fully saturated rings. The number of aromatic nitrogens is 3. The Kier molecular flexibility index (Phi) is 6.04. The molecule has 0 aliphatic heterocycles. The van der Waals surface area contributed by atoms with Crippen LogP contribution in [0.5, 0.6) is 11.6 Å². The lowest BCUT2D eigenvalue weighted by atomic mass is 10.1. The summed E-state index contributed by atoms with van der Waals surface area (Å²) >= 11 is 5.90. The summed E-state index contributed by atoms with van der Waals surface area (Å²) in [5.74, 6) is 0.145. The fraction of sp³-hybridized carbons (Fsp3) is 0.174. The molecule has 8 heteroatoms. The van der Waals surface area contributed by atoms with Crippen molar-refractivity contribution in [1.29, 1.82) is 0 Å². The highest BCUT2D eigenvalue weighted by atomic mass is 35.5. The quantitative estimate of drug-likeness (QED) is 0.420. The number of ether oxygens (including phenoxy) is 2. The Morgan fingerprint density at radius 2 is 1.84 bits per heavy atom. The minimum absolute atomic E-state index is 0.169. The van der Waals surface area contributed by atoms with E-state index in [2.05, 4.69) is 9.97 Å². The Labute approximate surface area is 183 Å². The second-order valence-electron chi connectivity index (χ2n) is 6.70. The van der Waals surface area contributed by atoms with Crippen LogP contribution in [0.3, 0.4) is 0 Å². The lowest BCUT2D eigenvalue weighted by Crippen LogP contribution is -2.13. The van der Waals surface area contributed by atoms with Crippen molar-refractivity contribution in [1.82, 2.24) is 14.5 Å². The van der Waals surface area contributed by atoms with Crippen LogP contribution in [0, 0.1) is 0 Å². The molecule has 0 spiro atoms. The zero-order chi connectivity index (χ0) is 21.8. The number of nitrogens with zero attached hydrogens (tertiary/aromatic N) is 3. The number of carbonyl (C=O) groups is 1. The first-order valence-electron chi connectivity index (χ1n) is 9.76. The molecule has 31 heavy (non-hydrogen) atoms. The van der Waals surface area contributed by atoms with Crippen molar-refractivity contribution in [3.8, 4) is 22.9 Å². The van der Waals surface area contributed by atoms with E-state index >= 15 is 0 Å². The molecule has 0 amide bonds. The number of aromatic carboxylic acids is 1. The Balaban J connectivity index is 1.68. The molecule has 0 bridgehead atoms. The van der Waals surface area contributed by atoms with E-state index in [9.17, 15) is 9.90 Å².